The molecule has 0 saturated carbocycles. The molecule has 0 radical (unpaired) electrons. The second-order valence-electron chi connectivity index (χ2n) is 1.50. The fourth-order valence-electron chi connectivity index (χ4n) is 0.476. The summed E-state index contributed by atoms with van der Waals surface area (Å²) in [6.45, 7) is 2.07. The molecule has 7 heavy (non-hydrogen) atoms. The summed E-state index contributed by atoms with van der Waals surface area (Å²) in [5.74, 6) is 0. The Balaban J connectivity index is 2.58. The first kappa shape index (κ1) is 5.07. The van der Waals surface area contributed by atoms with Crippen molar-refractivity contribution in [1.82, 2.24) is 0 Å². The second-order valence-corrected chi connectivity index (χ2v) is 4.40. The third-order valence-electron chi connectivity index (χ3n) is 0.805. The molecular weight excluding hydrogens is 155 g/mol. The Kier molecular flexibility index (Phi) is 1.31. The normalized spacial score (nSPS) is 29.3. The van der Waals surface area contributed by atoms with Gasteiger partial charge in [-0.05, 0) is 0 Å². The Morgan fingerprint density at radius 3 is 2.71 bits per heavy atom. The van der Waals surface area contributed by atoms with Gasteiger partial charge in [0, 0.05) is 0 Å². The molecule has 1 rings (SSSR count). The van der Waals surface area contributed by atoms with Crippen LogP contribution in [0.3, 0.4) is 0 Å². The zero-order valence-electron chi connectivity index (χ0n) is 4.05. The fourth-order valence-corrected chi connectivity index (χ4v) is 1.90. The van der Waals surface area contributed by atoms with Gasteiger partial charge in [0.05, 0.1) is 0 Å². The van der Waals surface area contributed by atoms with Crippen LogP contribution in [-0.2, 0) is 4.79 Å². The van der Waals surface area contributed by atoms with Gasteiger partial charge >= 0.3 is 48.3 Å². The van der Waals surface area contributed by atoms with Crippen molar-refractivity contribution in [1.29, 1.82) is 0 Å². The van der Waals surface area contributed by atoms with Crippen molar-refractivity contribution in [3.8, 4) is 0 Å². The molecule has 0 aromatic rings. The van der Waals surface area contributed by atoms with Crippen LogP contribution in [0.25, 0.3) is 0 Å². The molecule has 0 aromatic carbocycles. The number of hydrogen-bond donors (Lipinski definition) is 0. The minimum atomic E-state index is 0.236. The number of allylic oxidation sites excluding steroid dienone is 2. The molecule has 0 spiro atoms. The van der Waals surface area contributed by atoms with E-state index >= 15 is 0 Å². The maximum atomic E-state index is 10.4. The monoisotopic (exact) mass is 162 g/mol. The van der Waals surface area contributed by atoms with Crippen molar-refractivity contribution in [3.05, 3.63) is 12.2 Å². The Hall–Kier alpha value is -0.0705. The van der Waals surface area contributed by atoms with Gasteiger partial charge in [-0.1, -0.05) is 0 Å². The average molecular weight is 161 g/mol. The van der Waals surface area contributed by atoms with Crippen molar-refractivity contribution in [2.45, 2.75) is 11.7 Å². The van der Waals surface area contributed by atoms with E-state index < -0.39 is 0 Å². The van der Waals surface area contributed by atoms with Crippen LogP contribution in [0.2, 0.25) is 4.82 Å². The summed E-state index contributed by atoms with van der Waals surface area (Å²) in [5, 5.41) is 0. The molecule has 0 saturated heterocycles. The van der Waals surface area contributed by atoms with Gasteiger partial charge in [0.2, 0.25) is 0 Å². The summed E-state index contributed by atoms with van der Waals surface area (Å²) in [6, 6.07) is 0. The molecule has 0 N–H and O–H groups in total. The van der Waals surface area contributed by atoms with Gasteiger partial charge in [-0.2, -0.15) is 0 Å². The fraction of sp³-hybridized carbons (Fsp3) is 0.400. The standard InChI is InChI=1S/C5H6OSe/c1-4-2-3-5(6)7-4/h2-4H,1H3. The van der Waals surface area contributed by atoms with E-state index in [1.807, 2.05) is 6.08 Å². The van der Waals surface area contributed by atoms with E-state index in [1.54, 1.807) is 6.08 Å². The Morgan fingerprint density at radius 1 is 1.86 bits per heavy atom. The number of carbonyl (C=O) groups excluding carboxylic acids is 1. The molecular formula is C5H6OSe. The summed E-state index contributed by atoms with van der Waals surface area (Å²) < 4.78 is 0.333. The van der Waals surface area contributed by atoms with Crippen LogP contribution in [0.15, 0.2) is 12.2 Å². The maximum absolute atomic E-state index is 10.4. The van der Waals surface area contributed by atoms with Gasteiger partial charge < -0.3 is 0 Å². The molecule has 0 aromatic heterocycles. The zero-order valence-corrected chi connectivity index (χ0v) is 5.76. The Bertz CT molecular complexity index is 117. The second kappa shape index (κ2) is 1.81. The summed E-state index contributed by atoms with van der Waals surface area (Å²) >= 11 is 0.236. The first-order valence-corrected chi connectivity index (χ1v) is 4.02. The van der Waals surface area contributed by atoms with Crippen LogP contribution in [-0.4, -0.2) is 19.6 Å². The third kappa shape index (κ3) is 1.15. The molecule has 2 heteroatoms. The topological polar surface area (TPSA) is 17.1 Å². The number of rotatable bonds is 0. The summed E-state index contributed by atoms with van der Waals surface area (Å²) in [4.78, 5) is 11.0. The van der Waals surface area contributed by atoms with E-state index in [-0.39, 0.29) is 15.0 Å². The van der Waals surface area contributed by atoms with Crippen LogP contribution >= 0.6 is 0 Å². The van der Waals surface area contributed by atoms with Gasteiger partial charge in [0.15, 0.2) is 0 Å². The van der Waals surface area contributed by atoms with Crippen LogP contribution < -0.4 is 0 Å². The van der Waals surface area contributed by atoms with E-state index in [4.69, 9.17) is 0 Å². The van der Waals surface area contributed by atoms with Crippen LogP contribution in [0.5, 0.6) is 0 Å². The first-order valence-electron chi connectivity index (χ1n) is 2.18. The number of hydrogen-bond acceptors (Lipinski definition) is 1. The summed E-state index contributed by atoms with van der Waals surface area (Å²) in [6.07, 6.45) is 3.66. The van der Waals surface area contributed by atoms with Crippen molar-refractivity contribution in [3.63, 3.8) is 0 Å². The molecule has 0 bridgehead atoms. The van der Waals surface area contributed by atoms with Crippen molar-refractivity contribution < 1.29 is 4.79 Å². The van der Waals surface area contributed by atoms with Gasteiger partial charge in [-0.3, -0.25) is 0 Å². The van der Waals surface area contributed by atoms with Crippen LogP contribution in [0, 0.1) is 0 Å². The van der Waals surface area contributed by atoms with Crippen LogP contribution in [0.1, 0.15) is 6.92 Å². The van der Waals surface area contributed by atoms with Gasteiger partial charge in [-0.15, -0.1) is 0 Å². The minimum absolute atomic E-state index is 0.236. The first-order chi connectivity index (χ1) is 3.29. The summed E-state index contributed by atoms with van der Waals surface area (Å²) in [5.41, 5.74) is 0. The van der Waals surface area contributed by atoms with E-state index in [0.29, 0.717) is 9.50 Å². The van der Waals surface area contributed by atoms with Crippen molar-refractivity contribution >= 4 is 19.6 Å². The third-order valence-corrected chi connectivity index (χ3v) is 2.69. The van der Waals surface area contributed by atoms with E-state index in [2.05, 4.69) is 6.92 Å². The quantitative estimate of drug-likeness (QED) is 0.475. The Labute approximate surface area is 48.9 Å². The zero-order chi connectivity index (χ0) is 5.28. The average Bonchev–Trinajstić information content (AvgIpc) is 1.87. The van der Waals surface area contributed by atoms with Crippen LogP contribution in [0.4, 0.5) is 0 Å². The van der Waals surface area contributed by atoms with E-state index in [9.17, 15) is 4.79 Å². The Morgan fingerprint density at radius 2 is 2.57 bits per heavy atom. The molecule has 1 unspecified atom stereocenters. The van der Waals surface area contributed by atoms with Gasteiger partial charge in [0.1, 0.15) is 0 Å². The molecule has 1 aliphatic heterocycles. The predicted molar refractivity (Wildman–Crippen MR) is 29.3 cm³/mol. The van der Waals surface area contributed by atoms with Gasteiger partial charge in [-0.25, -0.2) is 0 Å². The molecule has 0 fully saturated rings. The molecule has 1 aliphatic rings. The van der Waals surface area contributed by atoms with Crippen molar-refractivity contribution in [2.24, 2.45) is 0 Å². The molecule has 1 atom stereocenters. The molecule has 0 amide bonds. The van der Waals surface area contributed by atoms with E-state index in [0.717, 1.165) is 0 Å². The van der Waals surface area contributed by atoms with Crippen molar-refractivity contribution in [2.75, 3.05) is 0 Å². The molecule has 38 valence electrons. The number of carbonyl (C=O) groups is 1. The molecule has 1 heterocycles. The van der Waals surface area contributed by atoms with Gasteiger partial charge in [0.25, 0.3) is 0 Å². The molecule has 1 nitrogen and oxygen atoms in total. The summed E-state index contributed by atoms with van der Waals surface area (Å²) in [7, 11) is 0. The predicted octanol–water partition coefficient (Wildman–Crippen LogP) is 0.595. The van der Waals surface area contributed by atoms with E-state index in [1.165, 1.54) is 0 Å². The molecule has 0 aliphatic carbocycles. The SMILES string of the molecule is CC1C=CC(=O)[Se]1.